The number of ether oxygens (including phenoxy) is 1. The van der Waals surface area contributed by atoms with Crippen molar-refractivity contribution in [1.82, 2.24) is 40.0 Å². The number of hydrogen-bond acceptors (Lipinski definition) is 13. The summed E-state index contributed by atoms with van der Waals surface area (Å²) in [5.74, 6) is -3.16. The fraction of sp³-hybridized carbons (Fsp3) is 0.298. The average molecular weight is 914 g/mol. The number of nitrogens with zero attached hydrogens (tertiary/aromatic N) is 5. The van der Waals surface area contributed by atoms with Gasteiger partial charge in [-0.3, -0.25) is 48.3 Å². The molecule has 0 bridgehead atoms. The number of benzene rings is 3. The fourth-order valence-electron chi connectivity index (χ4n) is 8.34. The number of aromatic amines is 1. The SMILES string of the molecule is CNC(=O)c1c(F)cccc1Nc1nc(Nc2cc3c(ccn3C(=O)CN(C)C(=O)CCCCCCCNc3cccc4c3C(=O)N(C3CCC(=O)NC3=O)C4=O)cc2OC)nc2[nH]ccc12. The van der Waals surface area contributed by atoms with Crippen LogP contribution in [0.15, 0.2) is 73.1 Å². The summed E-state index contributed by atoms with van der Waals surface area (Å²) >= 11 is 0. The van der Waals surface area contributed by atoms with Crippen LogP contribution in [0.3, 0.4) is 0 Å². The van der Waals surface area contributed by atoms with Crippen LogP contribution < -0.4 is 31.3 Å². The van der Waals surface area contributed by atoms with Gasteiger partial charge >= 0.3 is 0 Å². The summed E-state index contributed by atoms with van der Waals surface area (Å²) < 4.78 is 21.9. The van der Waals surface area contributed by atoms with Crippen molar-refractivity contribution >= 4 is 92.1 Å². The maximum Gasteiger partial charge on any atom is 0.264 e. The summed E-state index contributed by atoms with van der Waals surface area (Å²) in [7, 11) is 4.51. The van der Waals surface area contributed by atoms with Gasteiger partial charge in [0.25, 0.3) is 23.6 Å². The summed E-state index contributed by atoms with van der Waals surface area (Å²) in [5.41, 5.74) is 2.39. The number of anilines is 5. The smallest absolute Gasteiger partial charge is 0.264 e. The van der Waals surface area contributed by atoms with Gasteiger partial charge in [0.2, 0.25) is 23.7 Å². The largest absolute Gasteiger partial charge is 0.495 e. The molecule has 5 heterocycles. The minimum atomic E-state index is -1.03. The molecule has 2 aliphatic rings. The van der Waals surface area contributed by atoms with E-state index in [1.807, 2.05) is 0 Å². The molecule has 0 saturated carbocycles. The van der Waals surface area contributed by atoms with Crippen molar-refractivity contribution < 1.29 is 42.7 Å². The van der Waals surface area contributed by atoms with Gasteiger partial charge < -0.3 is 35.9 Å². The number of rotatable bonds is 18. The molecule has 0 radical (unpaired) electrons. The Morgan fingerprint density at radius 1 is 0.910 bits per heavy atom. The first-order valence-electron chi connectivity index (χ1n) is 21.8. The second-order valence-corrected chi connectivity index (χ2v) is 16.2. The Hall–Kier alpha value is -8.16. The van der Waals surface area contributed by atoms with Gasteiger partial charge in [0.05, 0.1) is 46.1 Å². The van der Waals surface area contributed by atoms with Crippen LogP contribution in [0.5, 0.6) is 5.75 Å². The highest BCUT2D eigenvalue weighted by molar-refractivity contribution is 6.25. The number of aromatic nitrogens is 4. The van der Waals surface area contributed by atoms with Gasteiger partial charge in [-0.05, 0) is 67.8 Å². The van der Waals surface area contributed by atoms with Crippen molar-refractivity contribution in [1.29, 1.82) is 0 Å². The van der Waals surface area contributed by atoms with Crippen LogP contribution in [-0.4, -0.2) is 111 Å². The van der Waals surface area contributed by atoms with Crippen molar-refractivity contribution in [2.45, 2.75) is 57.4 Å². The van der Waals surface area contributed by atoms with Crippen LogP contribution in [0.25, 0.3) is 21.9 Å². The highest BCUT2D eigenvalue weighted by Crippen LogP contribution is 2.35. The standard InChI is InChI=1S/C47H48FN11O8/c1-49-44(64)40-29(48)12-10-14-31(40)52-42-28-18-21-51-41(28)55-47(56-42)53-32-24-34-26(23-35(32)67-3)19-22-58(34)38(62)25-57(2)37(61)15-7-5-4-6-8-20-50-30-13-9-11-27-39(30)46(66)59(45(27)65)33-16-17-36(60)54-43(33)63/h9-14,18-19,21-24,33,50H,4-8,15-17,20,25H2,1-3H3,(H,49,64)(H,54,60,63)(H3,51,52,53,55,56). The van der Waals surface area contributed by atoms with E-state index >= 15 is 0 Å². The molecule has 67 heavy (non-hydrogen) atoms. The first kappa shape index (κ1) is 45.4. The lowest BCUT2D eigenvalue weighted by Crippen LogP contribution is -2.54. The number of H-pyrrole nitrogens is 1. The van der Waals surface area contributed by atoms with Crippen LogP contribution in [0.2, 0.25) is 0 Å². The van der Waals surface area contributed by atoms with Gasteiger partial charge in [0.1, 0.15) is 35.6 Å². The van der Waals surface area contributed by atoms with E-state index in [1.165, 1.54) is 35.8 Å². The number of likely N-dealkylation sites (N-methyl/N-ethyl adjacent to an activating group) is 1. The average Bonchev–Trinajstić information content (AvgIpc) is 4.03. The van der Waals surface area contributed by atoms with E-state index in [4.69, 9.17) is 4.74 Å². The van der Waals surface area contributed by atoms with Crippen LogP contribution in [0.4, 0.5) is 33.2 Å². The van der Waals surface area contributed by atoms with Gasteiger partial charge in [-0.15, -0.1) is 0 Å². The Balaban J connectivity index is 0.829. The molecule has 0 aliphatic carbocycles. The molecule has 3 aromatic carbocycles. The second kappa shape index (κ2) is 19.5. The molecule has 6 aromatic rings. The molecular formula is C47H48FN11O8. The molecule has 6 amide bonds. The molecule has 0 spiro atoms. The van der Waals surface area contributed by atoms with Crippen LogP contribution in [0.1, 0.15) is 87.2 Å². The lowest BCUT2D eigenvalue weighted by molar-refractivity contribution is -0.136. The van der Waals surface area contributed by atoms with E-state index < -0.39 is 41.4 Å². The first-order chi connectivity index (χ1) is 32.4. The predicted octanol–water partition coefficient (Wildman–Crippen LogP) is 5.86. The van der Waals surface area contributed by atoms with Crippen molar-refractivity contribution in [3.63, 3.8) is 0 Å². The number of piperidine rings is 1. The van der Waals surface area contributed by atoms with E-state index in [0.717, 1.165) is 30.6 Å². The molecule has 1 fully saturated rings. The maximum atomic E-state index is 14.8. The number of halogens is 1. The third-order valence-electron chi connectivity index (χ3n) is 11.8. The topological polar surface area (TPSA) is 242 Å². The number of carbonyl (C=O) groups excluding carboxylic acids is 7. The molecule has 1 saturated heterocycles. The van der Waals surface area contributed by atoms with Crippen molar-refractivity contribution in [2.75, 3.05) is 50.2 Å². The molecule has 346 valence electrons. The zero-order chi connectivity index (χ0) is 47.4. The van der Waals surface area contributed by atoms with Crippen molar-refractivity contribution in [3.05, 3.63) is 95.6 Å². The molecule has 1 unspecified atom stereocenters. The van der Waals surface area contributed by atoms with Gasteiger partial charge in [0.15, 0.2) is 0 Å². The van der Waals surface area contributed by atoms with Crippen LogP contribution in [-0.2, 0) is 14.4 Å². The molecule has 19 nitrogen and oxygen atoms in total. The van der Waals surface area contributed by atoms with Gasteiger partial charge in [-0.1, -0.05) is 31.4 Å². The zero-order valence-electron chi connectivity index (χ0n) is 37.0. The number of imide groups is 2. The van der Waals surface area contributed by atoms with Crippen molar-refractivity contribution in [3.8, 4) is 5.75 Å². The number of amides is 6. The van der Waals surface area contributed by atoms with Crippen LogP contribution in [0, 0.1) is 5.82 Å². The van der Waals surface area contributed by atoms with Crippen LogP contribution >= 0.6 is 0 Å². The summed E-state index contributed by atoms with van der Waals surface area (Å²) in [5, 5.41) is 15.5. The maximum absolute atomic E-state index is 14.8. The summed E-state index contributed by atoms with van der Waals surface area (Å²) in [4.78, 5) is 105. The lowest BCUT2D eigenvalue weighted by Gasteiger charge is -2.27. The molecule has 6 N–H and O–H groups in total. The Kier molecular flexibility index (Phi) is 13.2. The second-order valence-electron chi connectivity index (χ2n) is 16.2. The summed E-state index contributed by atoms with van der Waals surface area (Å²) in [6.45, 7) is 0.375. The third kappa shape index (κ3) is 9.36. The third-order valence-corrected chi connectivity index (χ3v) is 11.8. The number of nitrogens with one attached hydrogen (secondary N) is 6. The normalized spacial score (nSPS) is 14.6. The molecule has 1 atom stereocenters. The molecule has 8 rings (SSSR count). The first-order valence-corrected chi connectivity index (χ1v) is 21.8. The van der Waals surface area contributed by atoms with Gasteiger partial charge in [-0.25, -0.2) is 4.39 Å². The number of fused-ring (bicyclic) bond motifs is 3. The molecule has 3 aromatic heterocycles. The molecular weight excluding hydrogens is 866 g/mol. The van der Waals surface area contributed by atoms with E-state index in [1.54, 1.807) is 68.0 Å². The summed E-state index contributed by atoms with van der Waals surface area (Å²) in [6, 6.07) is 15.2. The van der Waals surface area contributed by atoms with Gasteiger partial charge in [0, 0.05) is 56.9 Å². The highest BCUT2D eigenvalue weighted by Gasteiger charge is 2.45. The Labute approximate surface area is 382 Å². The highest BCUT2D eigenvalue weighted by atomic mass is 19.1. The van der Waals surface area contributed by atoms with E-state index in [9.17, 15) is 38.0 Å². The van der Waals surface area contributed by atoms with Crippen molar-refractivity contribution in [2.24, 2.45) is 0 Å². The fourth-order valence-corrected chi connectivity index (χ4v) is 8.34. The minimum Gasteiger partial charge on any atom is -0.495 e. The van der Waals surface area contributed by atoms with E-state index in [0.29, 0.717) is 57.8 Å². The predicted molar refractivity (Wildman–Crippen MR) is 246 cm³/mol. The number of carbonyl (C=O) groups is 7. The Morgan fingerprint density at radius 2 is 1.69 bits per heavy atom. The monoisotopic (exact) mass is 913 g/mol. The zero-order valence-corrected chi connectivity index (χ0v) is 37.0. The van der Waals surface area contributed by atoms with Gasteiger partial charge in [-0.2, -0.15) is 9.97 Å². The Morgan fingerprint density at radius 3 is 2.48 bits per heavy atom. The number of hydrogen-bond donors (Lipinski definition) is 6. The minimum absolute atomic E-state index is 0.0458. The summed E-state index contributed by atoms with van der Waals surface area (Å²) in [6.07, 6.45) is 7.60. The Bertz CT molecular complexity index is 2970. The van der Waals surface area contributed by atoms with E-state index in [2.05, 4.69) is 41.5 Å². The molecule has 2 aliphatic heterocycles. The lowest BCUT2D eigenvalue weighted by atomic mass is 10.0. The molecule has 20 heteroatoms. The van der Waals surface area contributed by atoms with E-state index in [-0.39, 0.29) is 65.9 Å². The number of methoxy groups -OCH3 is 1. The quantitative estimate of drug-likeness (QED) is 0.0438. The number of unbranched alkanes of at least 4 members (excludes halogenated alkanes) is 4.